The van der Waals surface area contributed by atoms with E-state index in [0.29, 0.717) is 48.2 Å². The number of nitrogens with zero attached hydrogens (tertiary/aromatic N) is 5. The van der Waals surface area contributed by atoms with Crippen molar-refractivity contribution in [3.05, 3.63) is 60.4 Å². The number of thiophene rings is 1. The van der Waals surface area contributed by atoms with Gasteiger partial charge in [-0.05, 0) is 72.3 Å². The number of carbonyl (C=O) groups excluding carboxylic acids is 4. The molecule has 3 amide bonds. The molecule has 5 heterocycles. The number of methoxy groups -OCH3 is 2. The Morgan fingerprint density at radius 1 is 1.07 bits per heavy atom. The predicted molar refractivity (Wildman–Crippen MR) is 232 cm³/mol. The molecule has 15 nitrogen and oxygen atoms in total. The number of benzene rings is 1. The third-order valence-corrected chi connectivity index (χ3v) is 10.9. The van der Waals surface area contributed by atoms with E-state index in [4.69, 9.17) is 23.6 Å². The van der Waals surface area contributed by atoms with Gasteiger partial charge in [-0.1, -0.05) is 45.0 Å². The molecule has 6 rings (SSSR count). The lowest BCUT2D eigenvalue weighted by atomic mass is 10.0. The van der Waals surface area contributed by atoms with E-state index in [0.717, 1.165) is 45.7 Å². The van der Waals surface area contributed by atoms with Crippen LogP contribution in [0.2, 0.25) is 0 Å². The minimum atomic E-state index is -0.698. The van der Waals surface area contributed by atoms with Crippen LogP contribution in [-0.4, -0.2) is 98.4 Å². The topological polar surface area (TPSA) is 174 Å². The van der Waals surface area contributed by atoms with E-state index >= 15 is 0 Å². The van der Waals surface area contributed by atoms with E-state index in [1.807, 2.05) is 98.7 Å². The molecule has 0 radical (unpaired) electrons. The zero-order chi connectivity index (χ0) is 43.9. The summed E-state index contributed by atoms with van der Waals surface area (Å²) < 4.78 is 23.8. The number of carbonyl (C=O) groups is 4. The molecule has 60 heavy (non-hydrogen) atoms. The van der Waals surface area contributed by atoms with Gasteiger partial charge in [0.05, 0.1) is 52.5 Å². The number of likely N-dealkylation sites (tertiary alicyclic amines) is 1. The molecule has 5 aromatic rings. The molecule has 4 aromatic heterocycles. The van der Waals surface area contributed by atoms with Crippen LogP contribution in [0.25, 0.3) is 43.4 Å². The molecular weight excluding hydrogens is 787 g/mol. The molecule has 0 aliphatic carbocycles. The van der Waals surface area contributed by atoms with Crippen molar-refractivity contribution in [2.45, 2.75) is 111 Å². The number of imidazole rings is 2. The van der Waals surface area contributed by atoms with Crippen molar-refractivity contribution in [1.29, 1.82) is 0 Å². The zero-order valence-electron chi connectivity index (χ0n) is 36.6. The molecule has 0 spiro atoms. The molecule has 1 aliphatic rings. The summed E-state index contributed by atoms with van der Waals surface area (Å²) in [7, 11) is 2.99. The van der Waals surface area contributed by atoms with Crippen molar-refractivity contribution in [3.63, 3.8) is 0 Å². The highest BCUT2D eigenvalue weighted by Gasteiger charge is 2.37. The Kier molecular flexibility index (Phi) is 14.6. The number of aromatic amines is 1. The first-order chi connectivity index (χ1) is 28.3. The summed E-state index contributed by atoms with van der Waals surface area (Å²) >= 11 is 1.51. The summed E-state index contributed by atoms with van der Waals surface area (Å²) in [4.78, 5) is 67.2. The summed E-state index contributed by atoms with van der Waals surface area (Å²) in [6.07, 6.45) is 5.38. The van der Waals surface area contributed by atoms with Crippen molar-refractivity contribution in [1.82, 2.24) is 34.6 Å². The molecule has 16 heteroatoms. The van der Waals surface area contributed by atoms with Crippen LogP contribution in [0, 0.1) is 5.92 Å². The van der Waals surface area contributed by atoms with Gasteiger partial charge in [-0.25, -0.2) is 19.6 Å². The van der Waals surface area contributed by atoms with Gasteiger partial charge in [-0.15, -0.1) is 11.3 Å². The molecule has 1 aromatic carbocycles. The third-order valence-electron chi connectivity index (χ3n) is 9.79. The van der Waals surface area contributed by atoms with Gasteiger partial charge >= 0.3 is 12.2 Å². The van der Waals surface area contributed by atoms with Crippen LogP contribution in [0.4, 0.5) is 9.59 Å². The van der Waals surface area contributed by atoms with Crippen LogP contribution < -0.4 is 5.32 Å². The van der Waals surface area contributed by atoms with Gasteiger partial charge in [0, 0.05) is 44.1 Å². The lowest BCUT2D eigenvalue weighted by Crippen LogP contribution is -2.51. The standard InChI is InChI=1S/C39H47N7O7S.C5H12O/c1-8-15-44(38(50)53-39(4,5)6)21-33-41-27(20-45(33)22-47)31-18-30-32(54-31)17-29(52-30)25-13-11-24(12-14-25)26-19-40-35(42-26)28-10-9-16-46(28)36(48)34(23(2)3)43-37(49)51-7;1-5(2,3)6-4/h11-14,17-20,22-23,28,34H,8-10,15-16,21H2,1-7H3,(H,40,42)(H,43,49);1-4H3. The second-order valence-electron chi connectivity index (χ2n) is 17.0. The Labute approximate surface area is 355 Å². The molecule has 0 saturated carbocycles. The van der Waals surface area contributed by atoms with Gasteiger partial charge in [0.15, 0.2) is 0 Å². The highest BCUT2D eigenvalue weighted by molar-refractivity contribution is 7.22. The second kappa shape index (κ2) is 19.3. The molecule has 2 atom stereocenters. The van der Waals surface area contributed by atoms with Gasteiger partial charge in [-0.2, -0.15) is 0 Å². The molecule has 2 N–H and O–H groups in total. The van der Waals surface area contributed by atoms with E-state index in [2.05, 4.69) is 15.3 Å². The maximum Gasteiger partial charge on any atom is 0.410 e. The highest BCUT2D eigenvalue weighted by Crippen LogP contribution is 2.39. The van der Waals surface area contributed by atoms with Crippen LogP contribution in [0.3, 0.4) is 0 Å². The number of aromatic nitrogens is 4. The molecular formula is C44H59N7O8S. The molecule has 324 valence electrons. The van der Waals surface area contributed by atoms with Crippen molar-refractivity contribution in [2.24, 2.45) is 5.92 Å². The van der Waals surface area contributed by atoms with Crippen LogP contribution >= 0.6 is 11.3 Å². The fourth-order valence-electron chi connectivity index (χ4n) is 6.52. The summed E-state index contributed by atoms with van der Waals surface area (Å²) in [5.41, 5.74) is 3.38. The Morgan fingerprint density at radius 3 is 2.33 bits per heavy atom. The number of fused-ring (bicyclic) bond motifs is 1. The number of H-pyrrole nitrogens is 1. The monoisotopic (exact) mass is 845 g/mol. The Hall–Kier alpha value is -5.48. The minimum absolute atomic E-state index is 0.0417. The number of furan rings is 1. The summed E-state index contributed by atoms with van der Waals surface area (Å²) in [5.74, 6) is 1.59. The number of nitrogens with one attached hydrogen (secondary N) is 2. The number of amides is 3. The molecule has 1 aliphatic heterocycles. The summed E-state index contributed by atoms with van der Waals surface area (Å²) in [5, 5.41) is 2.68. The fourth-order valence-corrected chi connectivity index (χ4v) is 7.50. The van der Waals surface area contributed by atoms with Crippen LogP contribution in [0.5, 0.6) is 0 Å². The smallest absolute Gasteiger partial charge is 0.410 e. The van der Waals surface area contributed by atoms with E-state index in [1.165, 1.54) is 23.0 Å². The number of hydrogen-bond donors (Lipinski definition) is 2. The van der Waals surface area contributed by atoms with Crippen molar-refractivity contribution < 1.29 is 37.8 Å². The lowest BCUT2D eigenvalue weighted by molar-refractivity contribution is -0.135. The summed E-state index contributed by atoms with van der Waals surface area (Å²) in [6.45, 7) is 18.5. The quantitative estimate of drug-likeness (QED) is 0.115. The normalized spacial score (nSPS) is 14.8. The first-order valence-corrected chi connectivity index (χ1v) is 21.1. The first kappa shape index (κ1) is 45.6. The molecule has 2 unspecified atom stereocenters. The number of ether oxygens (including phenoxy) is 3. The van der Waals surface area contributed by atoms with Crippen LogP contribution in [0.1, 0.15) is 99.3 Å². The SMILES string of the molecule is CCCN(Cc1nc(-c2cc3oc(-c4ccc(-c5cnc(C6CCCN6C(=O)C(NC(=O)OC)C(C)C)[nH]5)cc4)cc3s2)cn1C=O)C(=O)OC(C)(C)C.COC(C)(C)C. The van der Waals surface area contributed by atoms with Gasteiger partial charge in [-0.3, -0.25) is 14.2 Å². The van der Waals surface area contributed by atoms with E-state index in [9.17, 15) is 19.2 Å². The van der Waals surface area contributed by atoms with Gasteiger partial charge in [0.2, 0.25) is 12.3 Å². The average Bonchev–Trinajstić information content (AvgIpc) is 4.04. The van der Waals surface area contributed by atoms with Crippen LogP contribution in [0.15, 0.2) is 53.2 Å². The van der Waals surface area contributed by atoms with E-state index in [1.54, 1.807) is 29.3 Å². The van der Waals surface area contributed by atoms with Crippen molar-refractivity contribution in [2.75, 3.05) is 27.3 Å². The molecule has 0 bridgehead atoms. The van der Waals surface area contributed by atoms with E-state index < -0.39 is 23.8 Å². The van der Waals surface area contributed by atoms with Crippen molar-refractivity contribution >= 4 is 46.1 Å². The minimum Gasteiger partial charge on any atom is -0.455 e. The van der Waals surface area contributed by atoms with Gasteiger partial charge in [0.1, 0.15) is 34.6 Å². The maximum absolute atomic E-state index is 13.5. The maximum atomic E-state index is 13.5. The van der Waals surface area contributed by atoms with Crippen LogP contribution in [-0.2, 0) is 30.3 Å². The predicted octanol–water partition coefficient (Wildman–Crippen LogP) is 9.08. The number of alkyl carbamates (subject to hydrolysis) is 1. The summed E-state index contributed by atoms with van der Waals surface area (Å²) in [6, 6.07) is 10.9. The van der Waals surface area contributed by atoms with Gasteiger partial charge < -0.3 is 38.7 Å². The highest BCUT2D eigenvalue weighted by atomic mass is 32.1. The zero-order valence-corrected chi connectivity index (χ0v) is 37.4. The van der Waals surface area contributed by atoms with Crippen molar-refractivity contribution in [3.8, 4) is 33.2 Å². The first-order valence-electron chi connectivity index (χ1n) is 20.2. The average molecular weight is 846 g/mol. The largest absolute Gasteiger partial charge is 0.455 e. The fraction of sp³-hybridized carbons (Fsp3) is 0.500. The third kappa shape index (κ3) is 11.4. The Bertz CT molecular complexity index is 2210. The lowest BCUT2D eigenvalue weighted by Gasteiger charge is -2.30. The number of hydrogen-bond acceptors (Lipinski definition) is 11. The van der Waals surface area contributed by atoms with Gasteiger partial charge in [0.25, 0.3) is 0 Å². The van der Waals surface area contributed by atoms with E-state index in [-0.39, 0.29) is 30.0 Å². The Morgan fingerprint density at radius 2 is 1.75 bits per heavy atom. The number of rotatable bonds is 12. The Balaban J connectivity index is 0.00000106. The second-order valence-corrected chi connectivity index (χ2v) is 18.1. The molecule has 1 saturated heterocycles. The molecule has 1 fully saturated rings.